The fourth-order valence-electron chi connectivity index (χ4n) is 1.96. The van der Waals surface area contributed by atoms with E-state index in [-0.39, 0.29) is 0 Å². The van der Waals surface area contributed by atoms with Gasteiger partial charge in [-0.15, -0.1) is 0 Å². The van der Waals surface area contributed by atoms with Gasteiger partial charge in [-0.25, -0.2) is 0 Å². The molecular weight excluding hydrogens is 250 g/mol. The van der Waals surface area contributed by atoms with Crippen molar-refractivity contribution in [1.82, 2.24) is 15.0 Å². The van der Waals surface area contributed by atoms with Crippen LogP contribution in [0.1, 0.15) is 13.8 Å². The second kappa shape index (κ2) is 6.10. The third kappa shape index (κ3) is 2.97. The van der Waals surface area contributed by atoms with Crippen LogP contribution in [-0.2, 0) is 4.74 Å². The Morgan fingerprint density at radius 2 is 1.94 bits per heavy atom. The van der Waals surface area contributed by atoms with Gasteiger partial charge >= 0.3 is 0 Å². The summed E-state index contributed by atoms with van der Waals surface area (Å²) < 4.78 is 5.72. The van der Waals surface area contributed by atoms with Gasteiger partial charge in [-0.1, -0.05) is 0 Å². The molecule has 0 bridgehead atoms. The number of aromatic nitrogens is 3. The highest BCUT2D eigenvalue weighted by atomic mass is 32.1. The van der Waals surface area contributed by atoms with Crippen molar-refractivity contribution in [2.75, 3.05) is 49.2 Å². The Labute approximate surface area is 112 Å². The minimum Gasteiger partial charge on any atom is -0.378 e. The molecule has 2 rings (SSSR count). The van der Waals surface area contributed by atoms with Gasteiger partial charge in [0.1, 0.15) is 0 Å². The largest absolute Gasteiger partial charge is 0.378 e. The molecular formula is C11H19N5OS. The van der Waals surface area contributed by atoms with Gasteiger partial charge in [0.15, 0.2) is 0 Å². The van der Waals surface area contributed by atoms with E-state index < -0.39 is 0 Å². The van der Waals surface area contributed by atoms with E-state index >= 15 is 0 Å². The van der Waals surface area contributed by atoms with Crippen molar-refractivity contribution in [1.29, 1.82) is 0 Å². The van der Waals surface area contributed by atoms with E-state index in [1.165, 1.54) is 0 Å². The summed E-state index contributed by atoms with van der Waals surface area (Å²) in [4.78, 5) is 16.1. The number of ether oxygens (including phenoxy) is 1. The number of morpholine rings is 1. The number of nitrogens with one attached hydrogen (secondary N) is 1. The van der Waals surface area contributed by atoms with Crippen LogP contribution in [-0.4, -0.2) is 54.3 Å². The average molecular weight is 269 g/mol. The first kappa shape index (κ1) is 13.2. The maximum atomic E-state index is 5.34. The zero-order valence-electron chi connectivity index (χ0n) is 10.8. The van der Waals surface area contributed by atoms with E-state index in [4.69, 9.17) is 17.0 Å². The Kier molecular flexibility index (Phi) is 4.48. The third-order valence-corrected chi connectivity index (χ3v) is 3.18. The summed E-state index contributed by atoms with van der Waals surface area (Å²) in [5, 5.41) is 0. The van der Waals surface area contributed by atoms with Crippen LogP contribution in [0, 0.1) is 4.77 Å². The summed E-state index contributed by atoms with van der Waals surface area (Å²) in [5.74, 6) is 1.58. The summed E-state index contributed by atoms with van der Waals surface area (Å²) in [5.41, 5.74) is 0. The van der Waals surface area contributed by atoms with Gasteiger partial charge in [-0.2, -0.15) is 9.97 Å². The van der Waals surface area contributed by atoms with E-state index in [0.29, 0.717) is 4.77 Å². The molecule has 1 aliphatic rings. The van der Waals surface area contributed by atoms with Crippen molar-refractivity contribution in [3.8, 4) is 0 Å². The fourth-order valence-corrected chi connectivity index (χ4v) is 2.13. The minimum atomic E-state index is 0.386. The second-order valence-electron chi connectivity index (χ2n) is 4.05. The number of aromatic amines is 1. The molecule has 6 nitrogen and oxygen atoms in total. The molecule has 0 aliphatic carbocycles. The van der Waals surface area contributed by atoms with Crippen LogP contribution in [0.4, 0.5) is 11.9 Å². The molecule has 2 heterocycles. The Morgan fingerprint density at radius 3 is 2.56 bits per heavy atom. The van der Waals surface area contributed by atoms with E-state index in [1.54, 1.807) is 0 Å². The number of anilines is 2. The number of nitrogens with zero attached hydrogens (tertiary/aromatic N) is 4. The number of hydrogen-bond donors (Lipinski definition) is 1. The van der Waals surface area contributed by atoms with Crippen LogP contribution in [0.25, 0.3) is 0 Å². The molecule has 18 heavy (non-hydrogen) atoms. The molecule has 1 aromatic heterocycles. The molecule has 0 spiro atoms. The lowest BCUT2D eigenvalue weighted by atomic mass is 10.4. The molecule has 7 heteroatoms. The van der Waals surface area contributed by atoms with Crippen LogP contribution in [0.5, 0.6) is 0 Å². The normalized spacial score (nSPS) is 15.8. The zero-order chi connectivity index (χ0) is 13.0. The molecule has 0 amide bonds. The smallest absolute Gasteiger partial charge is 0.225 e. The fraction of sp³-hybridized carbons (Fsp3) is 0.727. The zero-order valence-corrected chi connectivity index (χ0v) is 11.7. The van der Waals surface area contributed by atoms with Crippen LogP contribution >= 0.6 is 12.2 Å². The molecule has 0 saturated carbocycles. The van der Waals surface area contributed by atoms with E-state index in [2.05, 4.69) is 38.6 Å². The molecule has 0 aromatic carbocycles. The van der Waals surface area contributed by atoms with E-state index in [0.717, 1.165) is 51.3 Å². The van der Waals surface area contributed by atoms with Gasteiger partial charge in [0, 0.05) is 26.2 Å². The van der Waals surface area contributed by atoms with Gasteiger partial charge < -0.3 is 14.5 Å². The monoisotopic (exact) mass is 269 g/mol. The average Bonchev–Trinajstić information content (AvgIpc) is 2.40. The van der Waals surface area contributed by atoms with Crippen molar-refractivity contribution in [3.63, 3.8) is 0 Å². The van der Waals surface area contributed by atoms with Gasteiger partial charge in [0.2, 0.25) is 16.7 Å². The van der Waals surface area contributed by atoms with Crippen molar-refractivity contribution >= 4 is 24.1 Å². The summed E-state index contributed by atoms with van der Waals surface area (Å²) in [6.07, 6.45) is 0. The maximum Gasteiger partial charge on any atom is 0.225 e. The molecule has 1 saturated heterocycles. The molecule has 0 radical (unpaired) electrons. The summed E-state index contributed by atoms with van der Waals surface area (Å²) in [6.45, 7) is 9.09. The van der Waals surface area contributed by atoms with Crippen molar-refractivity contribution in [2.45, 2.75) is 13.8 Å². The first-order valence-corrected chi connectivity index (χ1v) is 6.71. The maximum absolute atomic E-state index is 5.34. The van der Waals surface area contributed by atoms with Crippen LogP contribution < -0.4 is 9.80 Å². The predicted molar refractivity (Wildman–Crippen MR) is 73.8 cm³/mol. The highest BCUT2D eigenvalue weighted by Crippen LogP contribution is 2.13. The Balaban J connectivity index is 2.27. The summed E-state index contributed by atoms with van der Waals surface area (Å²) in [6, 6.07) is 0. The first-order chi connectivity index (χ1) is 8.74. The van der Waals surface area contributed by atoms with Crippen molar-refractivity contribution in [3.05, 3.63) is 4.77 Å². The molecule has 1 N–H and O–H groups in total. The SMILES string of the molecule is CCN(CC)c1nc(=S)nc(N2CCOCC2)[nH]1. The molecule has 0 atom stereocenters. The predicted octanol–water partition coefficient (Wildman–Crippen LogP) is 1.22. The van der Waals surface area contributed by atoms with Gasteiger partial charge in [-0.3, -0.25) is 4.98 Å². The Morgan fingerprint density at radius 1 is 1.28 bits per heavy atom. The first-order valence-electron chi connectivity index (χ1n) is 6.30. The highest BCUT2D eigenvalue weighted by Gasteiger charge is 2.15. The molecule has 1 aliphatic heterocycles. The number of hydrogen-bond acceptors (Lipinski definition) is 6. The van der Waals surface area contributed by atoms with Crippen LogP contribution in [0.15, 0.2) is 0 Å². The number of H-pyrrole nitrogens is 1. The van der Waals surface area contributed by atoms with Crippen LogP contribution in [0.2, 0.25) is 0 Å². The van der Waals surface area contributed by atoms with Crippen molar-refractivity contribution in [2.24, 2.45) is 0 Å². The molecule has 0 unspecified atom stereocenters. The Bertz CT molecular complexity index is 439. The van der Waals surface area contributed by atoms with Crippen molar-refractivity contribution < 1.29 is 4.74 Å². The summed E-state index contributed by atoms with van der Waals surface area (Å²) >= 11 is 5.14. The van der Waals surface area contributed by atoms with Crippen LogP contribution in [0.3, 0.4) is 0 Å². The van der Waals surface area contributed by atoms with Gasteiger partial charge in [-0.05, 0) is 26.1 Å². The Hall–Kier alpha value is -1.21. The number of rotatable bonds is 4. The molecule has 1 aromatic rings. The molecule has 100 valence electrons. The lowest BCUT2D eigenvalue weighted by Crippen LogP contribution is -2.38. The quantitative estimate of drug-likeness (QED) is 0.829. The lowest BCUT2D eigenvalue weighted by molar-refractivity contribution is 0.122. The van der Waals surface area contributed by atoms with Gasteiger partial charge in [0.25, 0.3) is 0 Å². The standard InChI is InChI=1S/C11H19N5OS/c1-3-15(4-2)9-12-10(14-11(18)13-9)16-5-7-17-8-6-16/h3-8H2,1-2H3,(H,12,13,14,18). The highest BCUT2D eigenvalue weighted by molar-refractivity contribution is 7.71. The van der Waals surface area contributed by atoms with E-state index in [1.807, 2.05) is 0 Å². The topological polar surface area (TPSA) is 57.3 Å². The minimum absolute atomic E-state index is 0.386. The van der Waals surface area contributed by atoms with E-state index in [9.17, 15) is 0 Å². The summed E-state index contributed by atoms with van der Waals surface area (Å²) in [7, 11) is 0. The third-order valence-electron chi connectivity index (χ3n) is 3.00. The second-order valence-corrected chi connectivity index (χ2v) is 4.42. The van der Waals surface area contributed by atoms with Gasteiger partial charge in [0.05, 0.1) is 13.2 Å². The lowest BCUT2D eigenvalue weighted by Gasteiger charge is -2.28. The molecule has 1 fully saturated rings.